The van der Waals surface area contributed by atoms with Gasteiger partial charge in [-0.1, -0.05) is 51.4 Å². The molecule has 7 aromatic rings. The fraction of sp³-hybridized carbons (Fsp3) is 0.529. The summed E-state index contributed by atoms with van der Waals surface area (Å²) in [5.74, 6) is 6.02. The van der Waals surface area contributed by atoms with Gasteiger partial charge in [-0.3, -0.25) is 9.59 Å². The number of nitrogens with zero attached hydrogens (tertiary/aromatic N) is 19. The molecule has 0 unspecified atom stereocenters. The zero-order valence-electron chi connectivity index (χ0n) is 61.2. The SMILES string of the molecule is CB(O)N1CCN(c2ccc(Nc3ncc(Br)c(N(C)C4CCCC4)n3)nc2)CC1.CN(c1nc(Nc2ccc(N3CCNCC3)cn2)ncc1Br)C1CCCC1.CN(c1nc(S(C)(=O)=O)ncc1Br)C1CCCC1.Clc1ncc(Br)c(NC2CCCC2)n1.[B]C(=O)N1CCN(c2ccc(NC=O)nc2)CC1. The van der Waals surface area contributed by atoms with Gasteiger partial charge >= 0.3 is 7.05 Å². The van der Waals surface area contributed by atoms with Gasteiger partial charge in [-0.25, -0.2) is 43.3 Å². The Kier molecular flexibility index (Phi) is 31.4. The van der Waals surface area contributed by atoms with Gasteiger partial charge in [0.15, 0.2) is 5.81 Å². The predicted octanol–water partition coefficient (Wildman–Crippen LogP) is 11.5. The van der Waals surface area contributed by atoms with Crippen molar-refractivity contribution in [1.82, 2.24) is 69.9 Å². The summed E-state index contributed by atoms with van der Waals surface area (Å²) in [7, 11) is 7.64. The van der Waals surface area contributed by atoms with Crippen molar-refractivity contribution >= 4 is 182 Å². The third-order valence-corrected chi connectivity index (χ3v) is 23.4. The summed E-state index contributed by atoms with van der Waals surface area (Å²) in [4.78, 5) is 85.8. The van der Waals surface area contributed by atoms with Crippen molar-refractivity contribution in [3.8, 4) is 0 Å². The minimum atomic E-state index is -3.37. The standard InChI is InChI=1S/C20H29BBrN7O.C19H26BrN7.C11H13BN4O2.C11H16BrN3O2S.C9H11BrClN3/c1-21(30)29-11-9-28(10-12-29)16-7-8-18(23-13-16)25-20-24-14-17(22)19(26-20)27(2)15-5-3-4-6-15;1-26(14-4-2-3-5-14)18-16(20)13-23-19(25-18)24-17-7-6-15(12-22-17)27-10-8-21-9-11-27;12-11(18)16-5-3-15(4-6-16)9-1-2-10(13-7-9)14-8-17;1-15(8-5-3-4-6-8)10-9(12)7-13-11(14-10)18(2,16)17;10-7-5-12-9(11)14-8(7)13-6-3-1-2-4-6/h7-8,13-15,30H,3-6,9-12H2,1-2H3,(H,23,24,25,26);6-7,12-14,21H,2-5,8-11H2,1H3,(H,22,23,24,25);1-2,7-8H,3-6H2,(H,13,14,17);7-8H,3-6H2,1-2H3;5-6H,1-4H2,(H,12,13,14). The van der Waals surface area contributed by atoms with Crippen LogP contribution in [-0.4, -0.2) is 235 Å². The largest absolute Gasteiger partial charge is 0.437 e. The van der Waals surface area contributed by atoms with Gasteiger partial charge in [0.1, 0.15) is 40.7 Å². The van der Waals surface area contributed by atoms with E-state index in [4.69, 9.17) is 29.4 Å². The van der Waals surface area contributed by atoms with Crippen LogP contribution in [0.25, 0.3) is 0 Å². The van der Waals surface area contributed by atoms with Gasteiger partial charge < -0.3 is 70.7 Å². The number of piperazine rings is 3. The Bertz CT molecular complexity index is 4090. The van der Waals surface area contributed by atoms with Gasteiger partial charge in [0.25, 0.3) is 0 Å². The molecule has 7 aromatic heterocycles. The molecule has 0 spiro atoms. The molecule has 7 aliphatic rings. The molecule has 107 heavy (non-hydrogen) atoms. The molecule has 572 valence electrons. The van der Waals surface area contributed by atoms with Crippen molar-refractivity contribution in [2.45, 2.75) is 139 Å². The first kappa shape index (κ1) is 82.6. The molecule has 29 nitrogen and oxygen atoms in total. The molecular formula is C70H95B2Br4ClN24O5S. The molecule has 4 saturated carbocycles. The number of pyridine rings is 3. The van der Waals surface area contributed by atoms with Crippen molar-refractivity contribution in [3.05, 3.63) is 103 Å². The molecule has 2 amide bonds. The lowest BCUT2D eigenvalue weighted by Gasteiger charge is -2.36. The minimum absolute atomic E-state index is 0.120. The molecule has 2 radical (unpaired) electrons. The molecule has 10 heterocycles. The van der Waals surface area contributed by atoms with Crippen LogP contribution in [-0.2, 0) is 14.6 Å². The molecule has 3 aliphatic heterocycles. The number of hydrogen-bond donors (Lipinski definition) is 6. The maximum absolute atomic E-state index is 11.5. The summed E-state index contributed by atoms with van der Waals surface area (Å²) < 4.78 is 26.4. The van der Waals surface area contributed by atoms with E-state index < -0.39 is 9.84 Å². The van der Waals surface area contributed by atoms with Gasteiger partial charge in [-0.05, 0) is 170 Å². The van der Waals surface area contributed by atoms with Gasteiger partial charge in [-0.15, -0.1) is 0 Å². The number of carbonyl (C=O) groups is 2. The predicted molar refractivity (Wildman–Crippen MR) is 442 cm³/mol. The van der Waals surface area contributed by atoms with Crippen LogP contribution in [0.1, 0.15) is 103 Å². The van der Waals surface area contributed by atoms with Crippen LogP contribution in [0.2, 0.25) is 12.1 Å². The summed E-state index contributed by atoms with van der Waals surface area (Å²) in [6, 6.07) is 13.8. The molecule has 6 N–H and O–H groups in total. The number of rotatable bonds is 19. The first-order chi connectivity index (χ1) is 51.6. The number of anilines is 12. The van der Waals surface area contributed by atoms with E-state index in [-0.39, 0.29) is 23.3 Å². The van der Waals surface area contributed by atoms with Crippen molar-refractivity contribution < 1.29 is 23.0 Å². The van der Waals surface area contributed by atoms with Crippen molar-refractivity contribution in [2.75, 3.05) is 157 Å². The van der Waals surface area contributed by atoms with E-state index in [1.54, 1.807) is 29.6 Å². The third-order valence-electron chi connectivity index (χ3n) is 20.1. The van der Waals surface area contributed by atoms with Crippen molar-refractivity contribution in [2.24, 2.45) is 0 Å². The van der Waals surface area contributed by atoms with Gasteiger partial charge in [0.2, 0.25) is 46.4 Å². The lowest BCUT2D eigenvalue weighted by molar-refractivity contribution is -0.105. The first-order valence-corrected chi connectivity index (χ1v) is 42.0. The minimum Gasteiger partial charge on any atom is -0.437 e. The maximum Gasteiger partial charge on any atom is 0.376 e. The molecule has 4 aliphatic carbocycles. The van der Waals surface area contributed by atoms with Crippen molar-refractivity contribution in [3.63, 3.8) is 0 Å². The highest BCUT2D eigenvalue weighted by Gasteiger charge is 2.29. The van der Waals surface area contributed by atoms with Crippen LogP contribution < -0.4 is 56.0 Å². The first-order valence-electron chi connectivity index (χ1n) is 36.5. The zero-order valence-corrected chi connectivity index (χ0v) is 69.1. The number of amides is 2. The van der Waals surface area contributed by atoms with E-state index in [0.29, 0.717) is 67.2 Å². The molecule has 0 atom stereocenters. The summed E-state index contributed by atoms with van der Waals surface area (Å²) in [5.41, 5.74) is 3.21. The Morgan fingerprint density at radius 3 is 1.36 bits per heavy atom. The Hall–Kier alpha value is -6.92. The quantitative estimate of drug-likeness (QED) is 0.0249. The topological polar surface area (TPSA) is 316 Å². The van der Waals surface area contributed by atoms with Crippen LogP contribution in [0.3, 0.4) is 0 Å². The number of nitrogens with one attached hydrogen (secondary N) is 5. The van der Waals surface area contributed by atoms with Crippen LogP contribution in [0.4, 0.5) is 74.5 Å². The smallest absolute Gasteiger partial charge is 0.376 e. The second kappa shape index (κ2) is 40.7. The van der Waals surface area contributed by atoms with E-state index >= 15 is 0 Å². The third kappa shape index (κ3) is 24.3. The lowest BCUT2D eigenvalue weighted by atomic mass is 9.84. The summed E-state index contributed by atoms with van der Waals surface area (Å²) in [6.07, 6.45) is 33.8. The molecule has 37 heteroatoms. The molecule has 3 saturated heterocycles. The highest BCUT2D eigenvalue weighted by atomic mass is 79.9. The van der Waals surface area contributed by atoms with E-state index in [1.165, 1.54) is 96.1 Å². The number of halogens is 5. The second-order valence-electron chi connectivity index (χ2n) is 27.4. The fourth-order valence-corrected chi connectivity index (χ4v) is 16.3. The highest BCUT2D eigenvalue weighted by Crippen LogP contribution is 2.35. The summed E-state index contributed by atoms with van der Waals surface area (Å²) >= 11 is 19.7. The molecule has 0 aromatic carbocycles. The van der Waals surface area contributed by atoms with E-state index in [0.717, 1.165) is 149 Å². The lowest BCUT2D eigenvalue weighted by Crippen LogP contribution is -2.51. The second-order valence-corrected chi connectivity index (χ2v) is 33.0. The van der Waals surface area contributed by atoms with Crippen LogP contribution in [0.5, 0.6) is 0 Å². The Morgan fingerprint density at radius 1 is 0.551 bits per heavy atom. The number of hydrogen-bond acceptors (Lipinski definition) is 27. The van der Waals surface area contributed by atoms with Gasteiger partial charge in [0, 0.05) is 155 Å². The Balaban J connectivity index is 0.000000147. The number of sulfone groups is 1. The monoisotopic (exact) mass is 1760 g/mol. The van der Waals surface area contributed by atoms with E-state index in [2.05, 4.69) is 191 Å². The highest BCUT2D eigenvalue weighted by molar-refractivity contribution is 9.11. The van der Waals surface area contributed by atoms with Crippen LogP contribution in [0.15, 0.2) is 103 Å². The molecule has 7 fully saturated rings. The Labute approximate surface area is 668 Å². The Morgan fingerprint density at radius 2 is 0.953 bits per heavy atom. The van der Waals surface area contributed by atoms with Crippen LogP contribution in [0, 0.1) is 0 Å². The van der Waals surface area contributed by atoms with E-state index in [9.17, 15) is 23.0 Å². The molecule has 0 bridgehead atoms. The van der Waals surface area contributed by atoms with Crippen molar-refractivity contribution in [1.29, 1.82) is 0 Å². The molecule has 14 rings (SSSR count). The maximum atomic E-state index is 11.5. The molecular weight excluding hydrogens is 1670 g/mol. The summed E-state index contributed by atoms with van der Waals surface area (Å²) in [6.45, 7) is 12.0. The van der Waals surface area contributed by atoms with Gasteiger partial charge in [-0.2, -0.15) is 19.9 Å². The fourth-order valence-electron chi connectivity index (χ4n) is 13.9. The zero-order chi connectivity index (χ0) is 76.0. The number of aromatic nitrogens is 11. The summed E-state index contributed by atoms with van der Waals surface area (Å²) in [5, 5.41) is 25.6. The normalized spacial score (nSPS) is 17.3. The van der Waals surface area contributed by atoms with Crippen LogP contribution >= 0.6 is 75.3 Å². The average molecular weight is 1760 g/mol. The van der Waals surface area contributed by atoms with E-state index in [1.807, 2.05) is 55.6 Å². The van der Waals surface area contributed by atoms with Gasteiger partial charge in [0.05, 0.1) is 53.5 Å². The number of carbonyl (C=O) groups excluding carboxylic acids is 2. The average Bonchev–Trinajstić information content (AvgIpc) is 1.64.